The average molecular weight is 313 g/mol. The molecule has 0 saturated heterocycles. The molecule has 2 heterocycles. The zero-order valence-electron chi connectivity index (χ0n) is 11.6. The Bertz CT molecular complexity index is 568. The van der Waals surface area contributed by atoms with Gasteiger partial charge in [-0.05, 0) is 31.5 Å². The van der Waals surface area contributed by atoms with Crippen LogP contribution in [-0.4, -0.2) is 21.3 Å². The Morgan fingerprint density at radius 1 is 1.30 bits per heavy atom. The fraction of sp³-hybridized carbons (Fsp3) is 0.429. The molecule has 0 bridgehead atoms. The lowest BCUT2D eigenvalue weighted by molar-refractivity contribution is 0.536. The van der Waals surface area contributed by atoms with Crippen molar-refractivity contribution >= 4 is 23.2 Å². The van der Waals surface area contributed by atoms with Gasteiger partial charge >= 0.3 is 0 Å². The zero-order chi connectivity index (χ0) is 14.5. The Hall–Kier alpha value is -1.10. The van der Waals surface area contributed by atoms with Crippen molar-refractivity contribution < 1.29 is 0 Å². The van der Waals surface area contributed by atoms with Gasteiger partial charge < -0.3 is 5.32 Å². The van der Waals surface area contributed by atoms with Crippen LogP contribution in [0.1, 0.15) is 31.1 Å². The van der Waals surface area contributed by atoms with E-state index in [-0.39, 0.29) is 6.04 Å². The van der Waals surface area contributed by atoms with E-state index in [0.29, 0.717) is 10.0 Å². The number of aromatic nitrogens is 3. The van der Waals surface area contributed by atoms with Gasteiger partial charge in [0.1, 0.15) is 0 Å². The molecule has 0 aliphatic heterocycles. The third-order valence-electron chi connectivity index (χ3n) is 3.07. The highest BCUT2D eigenvalue weighted by Gasteiger charge is 2.17. The first-order valence-corrected chi connectivity index (χ1v) is 7.45. The van der Waals surface area contributed by atoms with Crippen LogP contribution in [0.15, 0.2) is 24.7 Å². The van der Waals surface area contributed by atoms with Crippen LogP contribution < -0.4 is 5.32 Å². The van der Waals surface area contributed by atoms with Gasteiger partial charge in [0.15, 0.2) is 0 Å². The molecule has 20 heavy (non-hydrogen) atoms. The van der Waals surface area contributed by atoms with Crippen molar-refractivity contribution in [2.45, 2.75) is 32.9 Å². The van der Waals surface area contributed by atoms with E-state index in [1.807, 2.05) is 17.1 Å². The number of nitrogens with one attached hydrogen (secondary N) is 1. The van der Waals surface area contributed by atoms with Gasteiger partial charge in [-0.3, -0.25) is 9.67 Å². The number of hydrogen-bond acceptors (Lipinski definition) is 3. The summed E-state index contributed by atoms with van der Waals surface area (Å²) in [6, 6.07) is 1.78. The standard InChI is InChI=1S/C14H18Cl2N4/c1-3-17-13(5-10-7-19-20(4-2)9-10)14-12(16)6-11(15)8-18-14/h6-9,13,17H,3-5H2,1-2H3. The van der Waals surface area contributed by atoms with Crippen LogP contribution in [0.4, 0.5) is 0 Å². The average Bonchev–Trinajstić information content (AvgIpc) is 2.86. The lowest BCUT2D eigenvalue weighted by Gasteiger charge is -2.18. The molecule has 4 nitrogen and oxygen atoms in total. The van der Waals surface area contributed by atoms with Gasteiger partial charge in [-0.15, -0.1) is 0 Å². The van der Waals surface area contributed by atoms with Crippen molar-refractivity contribution in [3.05, 3.63) is 46.0 Å². The highest BCUT2D eigenvalue weighted by Crippen LogP contribution is 2.26. The number of aryl methyl sites for hydroxylation is 1. The molecule has 1 N–H and O–H groups in total. The Morgan fingerprint density at radius 3 is 2.70 bits per heavy atom. The molecule has 1 atom stereocenters. The number of rotatable bonds is 6. The Morgan fingerprint density at radius 2 is 2.10 bits per heavy atom. The molecule has 0 fully saturated rings. The summed E-state index contributed by atoms with van der Waals surface area (Å²) in [5, 5.41) is 8.84. The molecule has 0 aromatic carbocycles. The maximum Gasteiger partial charge on any atom is 0.0763 e. The molecule has 1 unspecified atom stereocenters. The molecule has 0 spiro atoms. The van der Waals surface area contributed by atoms with Crippen molar-refractivity contribution in [2.24, 2.45) is 0 Å². The number of hydrogen-bond donors (Lipinski definition) is 1. The molecular formula is C14H18Cl2N4. The van der Waals surface area contributed by atoms with Crippen LogP contribution in [0.25, 0.3) is 0 Å². The molecule has 0 aliphatic carbocycles. The Kier molecular flexibility index (Phi) is 5.40. The Balaban J connectivity index is 2.21. The first kappa shape index (κ1) is 15.3. The maximum absolute atomic E-state index is 6.25. The van der Waals surface area contributed by atoms with Gasteiger partial charge in [-0.2, -0.15) is 5.10 Å². The maximum atomic E-state index is 6.25. The van der Waals surface area contributed by atoms with E-state index >= 15 is 0 Å². The van der Waals surface area contributed by atoms with Gasteiger partial charge in [0.25, 0.3) is 0 Å². The summed E-state index contributed by atoms with van der Waals surface area (Å²) in [6.07, 6.45) is 6.36. The van der Waals surface area contributed by atoms with Crippen molar-refractivity contribution in [1.29, 1.82) is 0 Å². The minimum Gasteiger partial charge on any atom is -0.309 e. The largest absolute Gasteiger partial charge is 0.309 e. The summed E-state index contributed by atoms with van der Waals surface area (Å²) in [7, 11) is 0. The van der Waals surface area contributed by atoms with Crippen molar-refractivity contribution in [2.75, 3.05) is 6.54 Å². The van der Waals surface area contributed by atoms with Gasteiger partial charge in [-0.1, -0.05) is 30.1 Å². The van der Waals surface area contributed by atoms with Gasteiger partial charge in [0, 0.05) is 18.9 Å². The van der Waals surface area contributed by atoms with E-state index in [0.717, 1.165) is 30.8 Å². The molecule has 2 rings (SSSR count). The first-order valence-electron chi connectivity index (χ1n) is 6.69. The highest BCUT2D eigenvalue weighted by atomic mass is 35.5. The molecule has 2 aromatic rings. The third-order valence-corrected chi connectivity index (χ3v) is 3.58. The summed E-state index contributed by atoms with van der Waals surface area (Å²) in [5.41, 5.74) is 1.98. The molecular weight excluding hydrogens is 295 g/mol. The van der Waals surface area contributed by atoms with Crippen LogP contribution >= 0.6 is 23.2 Å². The fourth-order valence-corrected chi connectivity index (χ4v) is 2.63. The number of pyridine rings is 1. The second kappa shape index (κ2) is 7.07. The second-order valence-electron chi connectivity index (χ2n) is 4.54. The predicted molar refractivity (Wildman–Crippen MR) is 82.3 cm³/mol. The minimum atomic E-state index is 0.0549. The Labute approximate surface area is 129 Å². The number of halogens is 2. The summed E-state index contributed by atoms with van der Waals surface area (Å²) in [6.45, 7) is 5.83. The lowest BCUT2D eigenvalue weighted by atomic mass is 10.1. The van der Waals surface area contributed by atoms with Crippen LogP contribution in [-0.2, 0) is 13.0 Å². The van der Waals surface area contributed by atoms with E-state index < -0.39 is 0 Å². The van der Waals surface area contributed by atoms with Crippen molar-refractivity contribution in [1.82, 2.24) is 20.1 Å². The van der Waals surface area contributed by atoms with Crippen LogP contribution in [0.2, 0.25) is 10.0 Å². The smallest absolute Gasteiger partial charge is 0.0763 e. The second-order valence-corrected chi connectivity index (χ2v) is 5.38. The first-order chi connectivity index (χ1) is 9.63. The summed E-state index contributed by atoms with van der Waals surface area (Å²) in [5.74, 6) is 0. The molecule has 0 aliphatic rings. The molecule has 0 saturated carbocycles. The van der Waals surface area contributed by atoms with E-state index in [4.69, 9.17) is 23.2 Å². The van der Waals surface area contributed by atoms with Crippen molar-refractivity contribution in [3.8, 4) is 0 Å². The van der Waals surface area contributed by atoms with Gasteiger partial charge in [0.2, 0.25) is 0 Å². The normalized spacial score (nSPS) is 12.6. The fourth-order valence-electron chi connectivity index (χ4n) is 2.11. The predicted octanol–water partition coefficient (Wildman–Crippen LogP) is 3.50. The van der Waals surface area contributed by atoms with E-state index in [1.54, 1.807) is 12.3 Å². The molecule has 6 heteroatoms. The topological polar surface area (TPSA) is 42.7 Å². The zero-order valence-corrected chi connectivity index (χ0v) is 13.1. The monoisotopic (exact) mass is 312 g/mol. The van der Waals surface area contributed by atoms with Crippen LogP contribution in [0.3, 0.4) is 0 Å². The van der Waals surface area contributed by atoms with Crippen LogP contribution in [0.5, 0.6) is 0 Å². The van der Waals surface area contributed by atoms with Crippen molar-refractivity contribution in [3.63, 3.8) is 0 Å². The SMILES string of the molecule is CCNC(Cc1cnn(CC)c1)c1ncc(Cl)cc1Cl. The minimum absolute atomic E-state index is 0.0549. The molecule has 2 aromatic heterocycles. The van der Waals surface area contributed by atoms with Crippen LogP contribution in [0, 0.1) is 0 Å². The molecule has 0 radical (unpaired) electrons. The molecule has 0 amide bonds. The third kappa shape index (κ3) is 3.72. The number of likely N-dealkylation sites (N-methyl/N-ethyl adjacent to an activating group) is 1. The van der Waals surface area contributed by atoms with E-state index in [2.05, 4.69) is 29.2 Å². The highest BCUT2D eigenvalue weighted by molar-refractivity contribution is 6.34. The van der Waals surface area contributed by atoms with E-state index in [1.165, 1.54) is 0 Å². The molecule has 108 valence electrons. The summed E-state index contributed by atoms with van der Waals surface area (Å²) in [4.78, 5) is 4.37. The summed E-state index contributed by atoms with van der Waals surface area (Å²) < 4.78 is 1.91. The van der Waals surface area contributed by atoms with Gasteiger partial charge in [-0.25, -0.2) is 0 Å². The summed E-state index contributed by atoms with van der Waals surface area (Å²) >= 11 is 12.2. The lowest BCUT2D eigenvalue weighted by Crippen LogP contribution is -2.24. The van der Waals surface area contributed by atoms with E-state index in [9.17, 15) is 0 Å². The quantitative estimate of drug-likeness (QED) is 0.887. The van der Waals surface area contributed by atoms with Gasteiger partial charge in [0.05, 0.1) is 28.0 Å². The number of nitrogens with zero attached hydrogens (tertiary/aromatic N) is 3.